The minimum Gasteiger partial charge on any atom is -0.376 e. The fourth-order valence-corrected chi connectivity index (χ4v) is 3.45. The van der Waals surface area contributed by atoms with Crippen LogP contribution in [0.5, 0.6) is 0 Å². The van der Waals surface area contributed by atoms with E-state index in [4.69, 9.17) is 28.8 Å². The molecule has 0 radical (unpaired) electrons. The van der Waals surface area contributed by atoms with Crippen molar-refractivity contribution in [1.82, 2.24) is 10.2 Å². The van der Waals surface area contributed by atoms with E-state index in [1.54, 1.807) is 0 Å². The highest BCUT2D eigenvalue weighted by atomic mass is 16.6. The van der Waals surface area contributed by atoms with Crippen molar-refractivity contribution in [3.63, 3.8) is 0 Å². The van der Waals surface area contributed by atoms with Gasteiger partial charge >= 0.3 is 0 Å². The summed E-state index contributed by atoms with van der Waals surface area (Å²) in [5.74, 6) is 0. The maximum absolute atomic E-state index is 9.30. The highest BCUT2D eigenvalue weighted by Crippen LogP contribution is 2.08. The van der Waals surface area contributed by atoms with Crippen molar-refractivity contribution in [2.24, 2.45) is 0 Å². The van der Waals surface area contributed by atoms with Crippen molar-refractivity contribution < 1.29 is 39.0 Å². The van der Waals surface area contributed by atoms with Gasteiger partial charge in [-0.15, -0.1) is 0 Å². The van der Waals surface area contributed by atoms with Gasteiger partial charge in [-0.2, -0.15) is 0 Å². The van der Waals surface area contributed by atoms with Crippen LogP contribution in [0.4, 0.5) is 0 Å². The molecule has 0 aliphatic rings. The zero-order valence-electron chi connectivity index (χ0n) is 22.1. The number of ether oxygens (including phenoxy) is 5. The fourth-order valence-electron chi connectivity index (χ4n) is 3.45. The largest absolute Gasteiger partial charge is 0.376 e. The molecule has 0 fully saturated rings. The molecule has 34 heavy (non-hydrogen) atoms. The number of nitrogens with one attached hydrogen (secondary N) is 1. The molecule has 3 atom stereocenters. The Morgan fingerprint density at radius 1 is 0.676 bits per heavy atom. The number of nitrogens with zero attached hydrogens (tertiary/aromatic N) is 1. The third-order valence-corrected chi connectivity index (χ3v) is 5.28. The molecular weight excluding hydrogens is 444 g/mol. The van der Waals surface area contributed by atoms with Gasteiger partial charge < -0.3 is 44.3 Å². The van der Waals surface area contributed by atoms with Gasteiger partial charge in [-0.25, -0.2) is 0 Å². The van der Waals surface area contributed by atoms with E-state index in [0.717, 1.165) is 45.3 Å². The summed E-state index contributed by atoms with van der Waals surface area (Å²) < 4.78 is 27.7. The highest BCUT2D eigenvalue weighted by molar-refractivity contribution is 4.72. The van der Waals surface area contributed by atoms with Gasteiger partial charge in [0.25, 0.3) is 0 Å². The predicted octanol–water partition coefficient (Wildman–Crippen LogP) is 1.31. The summed E-state index contributed by atoms with van der Waals surface area (Å²) in [7, 11) is 0. The SMILES string of the molecule is CCC(CCCCNCCN(CC(COC(C)C)OCO)CC(COC(C)C)OCO)OCO. The maximum atomic E-state index is 9.30. The second-order valence-corrected chi connectivity index (χ2v) is 8.93. The monoisotopic (exact) mass is 496 g/mol. The molecule has 0 saturated carbocycles. The third kappa shape index (κ3) is 19.9. The molecule has 0 spiro atoms. The minimum absolute atomic E-state index is 0.0694. The molecule has 0 heterocycles. The summed E-state index contributed by atoms with van der Waals surface area (Å²) in [6.07, 6.45) is 3.59. The van der Waals surface area contributed by atoms with Crippen LogP contribution in [0.3, 0.4) is 0 Å². The first-order valence-electron chi connectivity index (χ1n) is 12.7. The van der Waals surface area contributed by atoms with Crippen LogP contribution in [0.15, 0.2) is 0 Å². The molecule has 0 aliphatic heterocycles. The van der Waals surface area contributed by atoms with E-state index in [9.17, 15) is 10.2 Å². The van der Waals surface area contributed by atoms with E-state index in [2.05, 4.69) is 17.1 Å². The van der Waals surface area contributed by atoms with Crippen molar-refractivity contribution in [2.75, 3.05) is 66.3 Å². The van der Waals surface area contributed by atoms with Crippen LogP contribution in [0.2, 0.25) is 0 Å². The summed E-state index contributed by atoms with van der Waals surface area (Å²) in [6.45, 7) is 13.2. The van der Waals surface area contributed by atoms with Gasteiger partial charge in [0.2, 0.25) is 0 Å². The van der Waals surface area contributed by atoms with E-state index in [-0.39, 0.29) is 50.9 Å². The van der Waals surface area contributed by atoms with Crippen LogP contribution < -0.4 is 5.32 Å². The van der Waals surface area contributed by atoms with Crippen LogP contribution in [0.1, 0.15) is 60.3 Å². The van der Waals surface area contributed by atoms with Crippen molar-refractivity contribution >= 4 is 0 Å². The Labute approximate surface area is 206 Å². The Kier molecular flexibility index (Phi) is 22.8. The topological polar surface area (TPSA) is 122 Å². The molecule has 0 aromatic rings. The van der Waals surface area contributed by atoms with Gasteiger partial charge in [-0.3, -0.25) is 4.90 Å². The smallest absolute Gasteiger partial charge is 0.144 e. The minimum atomic E-state index is -0.371. The quantitative estimate of drug-likeness (QED) is 0.109. The Morgan fingerprint density at radius 3 is 1.62 bits per heavy atom. The van der Waals surface area contributed by atoms with Crippen molar-refractivity contribution in [3.8, 4) is 0 Å². The standard InChI is InChI=1S/C24H52N2O8/c1-6-22(32-17-27)9-7-8-10-25-11-12-26(13-23(33-18-28)15-30-20(2)3)14-24(34-19-29)16-31-21(4)5/h20-25,27-29H,6-19H2,1-5H3. The predicted molar refractivity (Wildman–Crippen MR) is 132 cm³/mol. The van der Waals surface area contributed by atoms with Gasteiger partial charge in [0, 0.05) is 26.2 Å². The molecular formula is C24H52N2O8. The third-order valence-electron chi connectivity index (χ3n) is 5.28. The van der Waals surface area contributed by atoms with Crippen molar-refractivity contribution in [3.05, 3.63) is 0 Å². The zero-order valence-corrected chi connectivity index (χ0v) is 22.1. The van der Waals surface area contributed by atoms with Crippen molar-refractivity contribution in [2.45, 2.75) is 90.8 Å². The first kappa shape index (κ1) is 33.6. The average Bonchev–Trinajstić information content (AvgIpc) is 2.79. The summed E-state index contributed by atoms with van der Waals surface area (Å²) in [4.78, 5) is 2.18. The van der Waals surface area contributed by atoms with Crippen LogP contribution in [0.25, 0.3) is 0 Å². The Morgan fingerprint density at radius 2 is 1.18 bits per heavy atom. The van der Waals surface area contributed by atoms with E-state index in [0.29, 0.717) is 26.3 Å². The normalized spacial score (nSPS) is 14.9. The van der Waals surface area contributed by atoms with Crippen LogP contribution in [-0.2, 0) is 23.7 Å². The number of aliphatic hydroxyl groups is 3. The van der Waals surface area contributed by atoms with Gasteiger partial charge in [0.15, 0.2) is 0 Å². The summed E-state index contributed by atoms with van der Waals surface area (Å²) in [5.41, 5.74) is 0. The van der Waals surface area contributed by atoms with E-state index in [1.807, 2.05) is 27.7 Å². The van der Waals surface area contributed by atoms with Gasteiger partial charge in [0.1, 0.15) is 20.4 Å². The number of hydrogen-bond acceptors (Lipinski definition) is 10. The number of unbranched alkanes of at least 4 members (excludes halogenated alkanes) is 1. The lowest BCUT2D eigenvalue weighted by molar-refractivity contribution is -0.116. The lowest BCUT2D eigenvalue weighted by atomic mass is 10.1. The molecule has 10 heteroatoms. The van der Waals surface area contributed by atoms with E-state index < -0.39 is 0 Å². The molecule has 0 saturated heterocycles. The first-order chi connectivity index (χ1) is 16.4. The second kappa shape index (κ2) is 23.0. The molecule has 0 amide bonds. The number of aliphatic hydroxyl groups excluding tert-OH is 3. The molecule has 3 unspecified atom stereocenters. The van der Waals surface area contributed by atoms with Gasteiger partial charge in [-0.1, -0.05) is 6.92 Å². The molecule has 0 bridgehead atoms. The first-order valence-corrected chi connectivity index (χ1v) is 12.7. The Balaban J connectivity index is 4.71. The van der Waals surface area contributed by atoms with Crippen LogP contribution in [0, 0.1) is 0 Å². The lowest BCUT2D eigenvalue weighted by Crippen LogP contribution is -2.45. The summed E-state index contributed by atoms with van der Waals surface area (Å²) >= 11 is 0. The molecule has 0 aliphatic carbocycles. The van der Waals surface area contributed by atoms with Gasteiger partial charge in [0.05, 0.1) is 43.7 Å². The number of rotatable bonds is 25. The molecule has 206 valence electrons. The molecule has 10 nitrogen and oxygen atoms in total. The Bertz CT molecular complexity index is 408. The highest BCUT2D eigenvalue weighted by Gasteiger charge is 2.20. The maximum Gasteiger partial charge on any atom is 0.144 e. The molecule has 0 rings (SSSR count). The van der Waals surface area contributed by atoms with Gasteiger partial charge in [-0.05, 0) is 59.9 Å². The van der Waals surface area contributed by atoms with Crippen molar-refractivity contribution in [1.29, 1.82) is 0 Å². The van der Waals surface area contributed by atoms with E-state index >= 15 is 0 Å². The van der Waals surface area contributed by atoms with Crippen LogP contribution in [-0.4, -0.2) is 117 Å². The summed E-state index contributed by atoms with van der Waals surface area (Å²) in [5, 5.41) is 31.0. The summed E-state index contributed by atoms with van der Waals surface area (Å²) in [6, 6.07) is 0. The molecule has 0 aromatic carbocycles. The zero-order chi connectivity index (χ0) is 25.6. The fraction of sp³-hybridized carbons (Fsp3) is 1.00. The second-order valence-electron chi connectivity index (χ2n) is 8.93. The van der Waals surface area contributed by atoms with E-state index in [1.165, 1.54) is 0 Å². The lowest BCUT2D eigenvalue weighted by Gasteiger charge is -2.31. The number of hydrogen-bond donors (Lipinski definition) is 4. The molecule has 4 N–H and O–H groups in total. The Hall–Kier alpha value is -0.400. The molecule has 0 aromatic heterocycles. The average molecular weight is 497 g/mol. The van der Waals surface area contributed by atoms with Crippen LogP contribution >= 0.6 is 0 Å².